The Hall–Kier alpha value is -0.790. The molecular weight excluding hydrogens is 180 g/mol. The van der Waals surface area contributed by atoms with Gasteiger partial charge in [-0.2, -0.15) is 0 Å². The second-order valence-corrected chi connectivity index (χ2v) is 2.67. The molecule has 0 saturated heterocycles. The lowest BCUT2D eigenvalue weighted by atomic mass is 10.5. The first kappa shape index (κ1) is 10.2. The van der Waals surface area contributed by atoms with Gasteiger partial charge in [0.2, 0.25) is 5.05 Å². The molecule has 0 radical (unpaired) electrons. The fraction of sp³-hybridized carbons (Fsp3) is 0.286. The minimum atomic E-state index is -0.466. The van der Waals surface area contributed by atoms with Gasteiger partial charge in [-0.3, -0.25) is 4.79 Å². The van der Waals surface area contributed by atoms with E-state index in [1.54, 1.807) is 6.92 Å². The number of carbonyl (C=O) groups excluding carboxylic acids is 1. The highest BCUT2D eigenvalue weighted by atomic mass is 32.1. The van der Waals surface area contributed by atoms with Gasteiger partial charge in [-0.05, 0) is 25.1 Å². The van der Waals surface area contributed by atoms with Gasteiger partial charge >= 0.3 is 5.97 Å². The molecule has 0 bridgehead atoms. The van der Waals surface area contributed by atoms with Crippen molar-refractivity contribution < 1.29 is 9.53 Å². The first-order valence-corrected chi connectivity index (χ1v) is 3.59. The fourth-order valence-electron chi connectivity index (χ4n) is 0.295. The molecule has 0 heterocycles. The van der Waals surface area contributed by atoms with Crippen LogP contribution in [0, 0.1) is 11.8 Å². The average Bonchev–Trinajstić information content (AvgIpc) is 1.82. The van der Waals surface area contributed by atoms with Gasteiger partial charge in [0, 0.05) is 6.92 Å². The van der Waals surface area contributed by atoms with Crippen LogP contribution in [0.15, 0.2) is 0 Å². The van der Waals surface area contributed by atoms with Gasteiger partial charge in [0.15, 0.2) is 0 Å². The first-order chi connectivity index (χ1) is 5.02. The summed E-state index contributed by atoms with van der Waals surface area (Å²) in [4.78, 5) is 10.8. The summed E-state index contributed by atoms with van der Waals surface area (Å²) < 4.78 is 4.46. The molecule has 0 N–H and O–H groups in total. The molecule has 58 valence electrons. The van der Waals surface area contributed by atoms with Crippen molar-refractivity contribution >= 4 is 40.3 Å². The third-order valence-electron chi connectivity index (χ3n) is 0.577. The monoisotopic (exact) mass is 186 g/mol. The van der Waals surface area contributed by atoms with Gasteiger partial charge in [0.25, 0.3) is 0 Å². The molecule has 0 rings (SSSR count). The Kier molecular flexibility index (Phi) is 4.59. The Morgan fingerprint density at radius 2 is 1.82 bits per heavy atom. The van der Waals surface area contributed by atoms with Crippen LogP contribution in [0.3, 0.4) is 0 Å². The number of rotatable bonds is 0. The topological polar surface area (TPSA) is 26.3 Å². The molecule has 0 aliphatic rings. The minimum Gasteiger partial charge on any atom is -0.406 e. The fourth-order valence-corrected chi connectivity index (χ4v) is 0.515. The molecule has 0 saturated carbocycles. The van der Waals surface area contributed by atoms with E-state index in [1.807, 2.05) is 0 Å². The highest BCUT2D eigenvalue weighted by Gasteiger charge is 1.94. The van der Waals surface area contributed by atoms with E-state index in [2.05, 4.69) is 41.0 Å². The molecule has 0 aromatic heterocycles. The van der Waals surface area contributed by atoms with Crippen molar-refractivity contribution in [3.63, 3.8) is 0 Å². The Balaban J connectivity index is 4.01. The van der Waals surface area contributed by atoms with Gasteiger partial charge in [-0.25, -0.2) is 0 Å². The van der Waals surface area contributed by atoms with Crippen molar-refractivity contribution in [2.24, 2.45) is 0 Å². The van der Waals surface area contributed by atoms with E-state index in [1.165, 1.54) is 6.92 Å². The van der Waals surface area contributed by atoms with Gasteiger partial charge in [-0.1, -0.05) is 18.1 Å². The van der Waals surface area contributed by atoms with Gasteiger partial charge in [-0.15, -0.1) is 0 Å². The van der Waals surface area contributed by atoms with E-state index in [9.17, 15) is 4.79 Å². The summed E-state index contributed by atoms with van der Waals surface area (Å²) in [6.07, 6.45) is 0. The average molecular weight is 186 g/mol. The smallest absolute Gasteiger partial charge is 0.309 e. The van der Waals surface area contributed by atoms with E-state index in [0.717, 1.165) is 0 Å². The van der Waals surface area contributed by atoms with Crippen LogP contribution >= 0.6 is 24.4 Å². The van der Waals surface area contributed by atoms with E-state index in [0.29, 0.717) is 4.86 Å². The summed E-state index contributed by atoms with van der Waals surface area (Å²) in [5.74, 6) is 4.46. The number of thiocarbonyl (C=S) groups is 2. The molecule has 0 aromatic rings. The summed E-state index contributed by atoms with van der Waals surface area (Å²) >= 11 is 9.23. The summed E-state index contributed by atoms with van der Waals surface area (Å²) in [6.45, 7) is 2.93. The number of esters is 1. The number of hydrogen-bond acceptors (Lipinski definition) is 4. The molecule has 11 heavy (non-hydrogen) atoms. The number of hydrogen-bond donors (Lipinski definition) is 0. The van der Waals surface area contributed by atoms with Crippen LogP contribution in [0.5, 0.6) is 0 Å². The molecule has 0 fully saturated rings. The van der Waals surface area contributed by atoms with E-state index < -0.39 is 5.97 Å². The lowest BCUT2D eigenvalue weighted by Gasteiger charge is -1.91. The minimum absolute atomic E-state index is 0.0401. The van der Waals surface area contributed by atoms with Crippen LogP contribution in [-0.2, 0) is 9.53 Å². The third-order valence-corrected chi connectivity index (χ3v) is 0.864. The molecule has 0 aliphatic carbocycles. The number of ether oxygens (including phenoxy) is 1. The summed E-state index contributed by atoms with van der Waals surface area (Å²) in [5, 5.41) is -0.0401. The van der Waals surface area contributed by atoms with Crippen molar-refractivity contribution in [2.45, 2.75) is 13.8 Å². The van der Waals surface area contributed by atoms with Crippen molar-refractivity contribution in [2.75, 3.05) is 0 Å². The highest BCUT2D eigenvalue weighted by Crippen LogP contribution is 1.81. The SMILES string of the molecule is CC(=O)OC(=S)C#CC(C)=S. The molecule has 2 nitrogen and oxygen atoms in total. The predicted molar refractivity (Wildman–Crippen MR) is 50.4 cm³/mol. The second kappa shape index (κ2) is 4.94. The molecular formula is C7H6O2S2. The molecule has 0 spiro atoms. The lowest BCUT2D eigenvalue weighted by Crippen LogP contribution is -2.04. The zero-order valence-corrected chi connectivity index (χ0v) is 7.77. The standard InChI is InChI=1S/C7H6O2S2/c1-5(10)3-4-7(11)9-6(2)8/h1-2H3. The quantitative estimate of drug-likeness (QED) is 0.323. The van der Waals surface area contributed by atoms with Crippen LogP contribution < -0.4 is 0 Å². The van der Waals surface area contributed by atoms with Gasteiger partial charge in [0.1, 0.15) is 0 Å². The van der Waals surface area contributed by atoms with E-state index in [4.69, 9.17) is 0 Å². The van der Waals surface area contributed by atoms with Crippen molar-refractivity contribution in [1.82, 2.24) is 0 Å². The third kappa shape index (κ3) is 7.10. The summed E-state index contributed by atoms with van der Waals surface area (Å²) in [6, 6.07) is 0. The van der Waals surface area contributed by atoms with Crippen molar-refractivity contribution in [1.29, 1.82) is 0 Å². The zero-order valence-electron chi connectivity index (χ0n) is 6.13. The predicted octanol–water partition coefficient (Wildman–Crippen LogP) is 1.27. The molecule has 0 unspecified atom stereocenters. The molecule has 0 amide bonds. The maximum absolute atomic E-state index is 10.3. The van der Waals surface area contributed by atoms with Crippen LogP contribution in [0.25, 0.3) is 0 Å². The zero-order chi connectivity index (χ0) is 8.85. The highest BCUT2D eigenvalue weighted by molar-refractivity contribution is 7.81. The van der Waals surface area contributed by atoms with Crippen molar-refractivity contribution in [3.05, 3.63) is 0 Å². The van der Waals surface area contributed by atoms with E-state index in [-0.39, 0.29) is 5.05 Å². The first-order valence-electron chi connectivity index (χ1n) is 2.77. The Bertz CT molecular complexity index is 257. The maximum Gasteiger partial charge on any atom is 0.309 e. The second-order valence-electron chi connectivity index (χ2n) is 1.69. The van der Waals surface area contributed by atoms with Gasteiger partial charge in [0.05, 0.1) is 4.86 Å². The van der Waals surface area contributed by atoms with Crippen molar-refractivity contribution in [3.8, 4) is 11.8 Å². The summed E-state index contributed by atoms with van der Waals surface area (Å²) in [5.41, 5.74) is 0. The van der Waals surface area contributed by atoms with Crippen LogP contribution in [0.4, 0.5) is 0 Å². The Labute approximate surface area is 75.9 Å². The number of carbonyl (C=O) groups is 1. The molecule has 0 aliphatic heterocycles. The molecule has 0 atom stereocenters. The normalized spacial score (nSPS) is 7.45. The lowest BCUT2D eigenvalue weighted by molar-refractivity contribution is -0.132. The summed E-state index contributed by atoms with van der Waals surface area (Å²) in [7, 11) is 0. The Morgan fingerprint density at radius 1 is 1.27 bits per heavy atom. The maximum atomic E-state index is 10.3. The van der Waals surface area contributed by atoms with Crippen LogP contribution in [0.2, 0.25) is 0 Å². The Morgan fingerprint density at radius 3 is 2.18 bits per heavy atom. The van der Waals surface area contributed by atoms with E-state index >= 15 is 0 Å². The molecule has 0 aromatic carbocycles. The molecule has 4 heteroatoms. The largest absolute Gasteiger partial charge is 0.406 e. The van der Waals surface area contributed by atoms with Crippen LogP contribution in [0.1, 0.15) is 13.8 Å². The van der Waals surface area contributed by atoms with Gasteiger partial charge < -0.3 is 4.74 Å². The van der Waals surface area contributed by atoms with Crippen LogP contribution in [-0.4, -0.2) is 15.9 Å².